The molecule has 3 unspecified atom stereocenters. The highest BCUT2D eigenvalue weighted by Crippen LogP contribution is 2.40. The molecule has 1 aromatic rings. The molecule has 0 N–H and O–H groups in total. The number of benzene rings is 1. The average molecular weight is 258 g/mol. The summed E-state index contributed by atoms with van der Waals surface area (Å²) >= 11 is 0. The maximum absolute atomic E-state index is 6.26. The maximum atomic E-state index is 6.26. The molecule has 0 bridgehead atoms. The Balaban J connectivity index is 1.89. The van der Waals surface area contributed by atoms with Crippen molar-refractivity contribution >= 4 is 0 Å². The molecular weight excluding hydrogens is 232 g/mol. The van der Waals surface area contributed by atoms with Crippen LogP contribution in [0.5, 0.6) is 0 Å². The maximum Gasteiger partial charge on any atom is 0.0892 e. The highest BCUT2D eigenvalue weighted by molar-refractivity contribution is 5.20. The van der Waals surface area contributed by atoms with Gasteiger partial charge in [0.15, 0.2) is 0 Å². The van der Waals surface area contributed by atoms with E-state index in [1.54, 1.807) is 0 Å². The van der Waals surface area contributed by atoms with Crippen LogP contribution in [-0.4, -0.2) is 6.10 Å². The first-order valence-electron chi connectivity index (χ1n) is 7.68. The summed E-state index contributed by atoms with van der Waals surface area (Å²) in [5.74, 6) is 0.471. The van der Waals surface area contributed by atoms with E-state index >= 15 is 0 Å². The highest BCUT2D eigenvalue weighted by atomic mass is 16.5. The molecule has 0 spiro atoms. The molecule has 0 aromatic heterocycles. The fourth-order valence-corrected chi connectivity index (χ4v) is 2.96. The van der Waals surface area contributed by atoms with Gasteiger partial charge < -0.3 is 4.74 Å². The van der Waals surface area contributed by atoms with E-state index in [0.29, 0.717) is 12.0 Å². The Kier molecular flexibility index (Phi) is 5.65. The van der Waals surface area contributed by atoms with Gasteiger partial charge in [-0.1, -0.05) is 69.0 Å². The zero-order chi connectivity index (χ0) is 13.5. The van der Waals surface area contributed by atoms with Gasteiger partial charge in [-0.05, 0) is 18.4 Å². The number of hydrogen-bond donors (Lipinski definition) is 0. The van der Waals surface area contributed by atoms with Crippen LogP contribution in [0.1, 0.15) is 57.1 Å². The van der Waals surface area contributed by atoms with Gasteiger partial charge in [0.2, 0.25) is 0 Å². The smallest absolute Gasteiger partial charge is 0.0892 e. The van der Waals surface area contributed by atoms with Crippen LogP contribution < -0.4 is 0 Å². The molecule has 1 aliphatic heterocycles. The molecule has 104 valence electrons. The van der Waals surface area contributed by atoms with Crippen molar-refractivity contribution < 1.29 is 4.74 Å². The van der Waals surface area contributed by atoms with Gasteiger partial charge in [0.25, 0.3) is 0 Å². The summed E-state index contributed by atoms with van der Waals surface area (Å²) in [5.41, 5.74) is 1.29. The van der Waals surface area contributed by atoms with Gasteiger partial charge in [0.1, 0.15) is 0 Å². The van der Waals surface area contributed by atoms with Crippen LogP contribution in [0.4, 0.5) is 0 Å². The first-order chi connectivity index (χ1) is 9.35. The summed E-state index contributed by atoms with van der Waals surface area (Å²) < 4.78 is 6.26. The van der Waals surface area contributed by atoms with Crippen LogP contribution in [0.15, 0.2) is 43.0 Å². The van der Waals surface area contributed by atoms with E-state index in [1.807, 2.05) is 0 Å². The largest absolute Gasteiger partial charge is 0.370 e. The van der Waals surface area contributed by atoms with Crippen molar-refractivity contribution in [1.82, 2.24) is 0 Å². The first kappa shape index (κ1) is 14.3. The van der Waals surface area contributed by atoms with E-state index in [2.05, 4.69) is 49.9 Å². The van der Waals surface area contributed by atoms with Crippen molar-refractivity contribution in [3.8, 4) is 0 Å². The molecule has 3 atom stereocenters. The average Bonchev–Trinajstić information content (AvgIpc) is 2.88. The molecule has 1 heteroatoms. The van der Waals surface area contributed by atoms with Gasteiger partial charge in [-0.25, -0.2) is 0 Å². The first-order valence-corrected chi connectivity index (χ1v) is 7.68. The van der Waals surface area contributed by atoms with Gasteiger partial charge in [-0.3, -0.25) is 0 Å². The minimum absolute atomic E-state index is 0.217. The minimum atomic E-state index is 0.217. The van der Waals surface area contributed by atoms with Crippen molar-refractivity contribution in [3.05, 3.63) is 48.6 Å². The zero-order valence-corrected chi connectivity index (χ0v) is 12.1. The second-order valence-electron chi connectivity index (χ2n) is 5.57. The second-order valence-corrected chi connectivity index (χ2v) is 5.57. The van der Waals surface area contributed by atoms with Gasteiger partial charge >= 0.3 is 0 Å². The summed E-state index contributed by atoms with van der Waals surface area (Å²) in [7, 11) is 0. The molecule has 0 amide bonds. The number of ether oxygens (including phenoxy) is 1. The molecular formula is C18H26O. The number of rotatable bonds is 7. The molecule has 0 radical (unpaired) electrons. The van der Waals surface area contributed by atoms with E-state index < -0.39 is 0 Å². The second kappa shape index (κ2) is 7.49. The molecule has 1 fully saturated rings. The van der Waals surface area contributed by atoms with Crippen LogP contribution in [0.2, 0.25) is 0 Å². The number of unbranched alkanes of at least 4 members (excludes halogenated alkanes) is 3. The van der Waals surface area contributed by atoms with Crippen LogP contribution in [0.3, 0.4) is 0 Å². The molecule has 19 heavy (non-hydrogen) atoms. The Morgan fingerprint density at radius 2 is 2.00 bits per heavy atom. The predicted molar refractivity (Wildman–Crippen MR) is 81.1 cm³/mol. The summed E-state index contributed by atoms with van der Waals surface area (Å²) in [6, 6.07) is 10.6. The monoisotopic (exact) mass is 258 g/mol. The summed E-state index contributed by atoms with van der Waals surface area (Å²) in [6.45, 7) is 6.24. The fraction of sp³-hybridized carbons (Fsp3) is 0.556. The standard InChI is InChI=1S/C18H26O/c1-3-5-6-10-13-17-14-15(4-2)18(19-17)16-11-8-7-9-12-16/h4,7-9,11-12,15,17-18H,2-3,5-6,10,13-14H2,1H3. The Bertz CT molecular complexity index is 371. The van der Waals surface area contributed by atoms with Crippen molar-refractivity contribution in [3.63, 3.8) is 0 Å². The third kappa shape index (κ3) is 3.94. The predicted octanol–water partition coefficient (Wildman–Crippen LogP) is 5.29. The molecule has 1 aromatic carbocycles. The quantitative estimate of drug-likeness (QED) is 0.477. The lowest BCUT2D eigenvalue weighted by molar-refractivity contribution is 0.0325. The van der Waals surface area contributed by atoms with Crippen LogP contribution in [0, 0.1) is 5.92 Å². The summed E-state index contributed by atoms with van der Waals surface area (Å²) in [6.07, 6.45) is 10.3. The molecule has 1 nitrogen and oxygen atoms in total. The van der Waals surface area contributed by atoms with Crippen LogP contribution >= 0.6 is 0 Å². The van der Waals surface area contributed by atoms with E-state index in [9.17, 15) is 0 Å². The third-order valence-electron chi connectivity index (χ3n) is 4.07. The summed E-state index contributed by atoms with van der Waals surface area (Å²) in [5, 5.41) is 0. The van der Waals surface area contributed by atoms with Crippen LogP contribution in [0.25, 0.3) is 0 Å². The fourth-order valence-electron chi connectivity index (χ4n) is 2.96. The zero-order valence-electron chi connectivity index (χ0n) is 12.1. The van der Waals surface area contributed by atoms with E-state index in [0.717, 1.165) is 6.42 Å². The lowest BCUT2D eigenvalue weighted by atomic mass is 9.93. The lowest BCUT2D eigenvalue weighted by Crippen LogP contribution is -2.06. The van der Waals surface area contributed by atoms with Crippen molar-refractivity contribution in [2.45, 2.75) is 57.7 Å². The molecule has 0 saturated carbocycles. The van der Waals surface area contributed by atoms with Crippen LogP contribution in [-0.2, 0) is 4.74 Å². The number of hydrogen-bond acceptors (Lipinski definition) is 1. The topological polar surface area (TPSA) is 9.23 Å². The molecule has 2 rings (SSSR count). The Hall–Kier alpha value is -1.08. The SMILES string of the molecule is C=CC1CC(CCCCCC)OC1c1ccccc1. The summed E-state index contributed by atoms with van der Waals surface area (Å²) in [4.78, 5) is 0. The van der Waals surface area contributed by atoms with Gasteiger partial charge in [0, 0.05) is 5.92 Å². The molecule has 1 heterocycles. The van der Waals surface area contributed by atoms with Crippen molar-refractivity contribution in [2.24, 2.45) is 5.92 Å². The Morgan fingerprint density at radius 1 is 1.21 bits per heavy atom. The minimum Gasteiger partial charge on any atom is -0.370 e. The van der Waals surface area contributed by atoms with Crippen molar-refractivity contribution in [1.29, 1.82) is 0 Å². The van der Waals surface area contributed by atoms with Gasteiger partial charge in [-0.2, -0.15) is 0 Å². The Labute approximate surface area is 117 Å². The lowest BCUT2D eigenvalue weighted by Gasteiger charge is -2.16. The Morgan fingerprint density at radius 3 is 2.68 bits per heavy atom. The van der Waals surface area contributed by atoms with E-state index in [4.69, 9.17) is 4.74 Å². The normalized spacial score (nSPS) is 26.5. The molecule has 1 aliphatic rings. The van der Waals surface area contributed by atoms with Crippen molar-refractivity contribution in [2.75, 3.05) is 0 Å². The van der Waals surface area contributed by atoms with Gasteiger partial charge in [-0.15, -0.1) is 6.58 Å². The molecule has 0 aliphatic carbocycles. The van der Waals surface area contributed by atoms with E-state index in [1.165, 1.54) is 37.7 Å². The third-order valence-corrected chi connectivity index (χ3v) is 4.07. The molecule has 1 saturated heterocycles. The van der Waals surface area contributed by atoms with Gasteiger partial charge in [0.05, 0.1) is 12.2 Å². The van der Waals surface area contributed by atoms with E-state index in [-0.39, 0.29) is 6.10 Å². The highest BCUT2D eigenvalue weighted by Gasteiger charge is 2.33.